The SMILES string of the molecule is Cc1cnc(-c2ccc(C(O)CO)s2)nc1Nc1cc(C2CC2)[nH]n1. The van der Waals surface area contributed by atoms with Gasteiger partial charge in [-0.25, -0.2) is 9.97 Å². The molecule has 1 aliphatic carbocycles. The summed E-state index contributed by atoms with van der Waals surface area (Å²) in [5.41, 5.74) is 2.09. The number of hydrogen-bond acceptors (Lipinski definition) is 7. The molecule has 3 aromatic rings. The Kier molecular flexibility index (Phi) is 4.24. The number of thiophene rings is 1. The maximum atomic E-state index is 9.73. The van der Waals surface area contributed by atoms with E-state index in [0.29, 0.717) is 22.4 Å². The van der Waals surface area contributed by atoms with Crippen LogP contribution in [0.4, 0.5) is 11.6 Å². The van der Waals surface area contributed by atoms with Crippen molar-refractivity contribution in [2.75, 3.05) is 11.9 Å². The van der Waals surface area contributed by atoms with E-state index >= 15 is 0 Å². The minimum Gasteiger partial charge on any atom is -0.393 e. The highest BCUT2D eigenvalue weighted by molar-refractivity contribution is 7.15. The first-order chi connectivity index (χ1) is 12.1. The highest BCUT2D eigenvalue weighted by atomic mass is 32.1. The number of aromatic amines is 1. The molecule has 1 unspecified atom stereocenters. The Hall–Kier alpha value is -2.29. The largest absolute Gasteiger partial charge is 0.393 e. The minimum absolute atomic E-state index is 0.302. The molecule has 0 spiro atoms. The molecule has 7 nitrogen and oxygen atoms in total. The van der Waals surface area contributed by atoms with Gasteiger partial charge in [-0.15, -0.1) is 11.3 Å². The zero-order chi connectivity index (χ0) is 17.4. The van der Waals surface area contributed by atoms with E-state index in [1.54, 1.807) is 12.3 Å². The number of anilines is 2. The maximum absolute atomic E-state index is 9.73. The van der Waals surface area contributed by atoms with Crippen LogP contribution in [0.3, 0.4) is 0 Å². The molecule has 1 saturated carbocycles. The van der Waals surface area contributed by atoms with Gasteiger partial charge < -0.3 is 15.5 Å². The average Bonchev–Trinajstić information content (AvgIpc) is 3.17. The van der Waals surface area contributed by atoms with Gasteiger partial charge >= 0.3 is 0 Å². The van der Waals surface area contributed by atoms with Crippen LogP contribution in [0.25, 0.3) is 10.7 Å². The first-order valence-corrected chi connectivity index (χ1v) is 9.00. The van der Waals surface area contributed by atoms with Crippen LogP contribution in [0.15, 0.2) is 24.4 Å². The van der Waals surface area contributed by atoms with Crippen molar-refractivity contribution in [1.82, 2.24) is 20.2 Å². The van der Waals surface area contributed by atoms with Crippen LogP contribution in [-0.2, 0) is 0 Å². The third-order valence-electron chi connectivity index (χ3n) is 4.18. The van der Waals surface area contributed by atoms with Crippen LogP contribution in [0.5, 0.6) is 0 Å². The van der Waals surface area contributed by atoms with Crippen molar-refractivity contribution in [3.05, 3.63) is 40.5 Å². The van der Waals surface area contributed by atoms with E-state index in [0.717, 1.165) is 22.0 Å². The zero-order valence-corrected chi connectivity index (χ0v) is 14.5. The second-order valence-corrected chi connectivity index (χ2v) is 7.35. The molecule has 130 valence electrons. The van der Waals surface area contributed by atoms with Crippen molar-refractivity contribution in [1.29, 1.82) is 0 Å². The molecular weight excluding hydrogens is 338 g/mol. The zero-order valence-electron chi connectivity index (χ0n) is 13.7. The Morgan fingerprint density at radius 2 is 2.24 bits per heavy atom. The van der Waals surface area contributed by atoms with E-state index in [2.05, 4.69) is 25.5 Å². The van der Waals surface area contributed by atoms with Crippen LogP contribution in [0, 0.1) is 6.92 Å². The second-order valence-electron chi connectivity index (χ2n) is 6.23. The first kappa shape index (κ1) is 16.2. The third-order valence-corrected chi connectivity index (χ3v) is 5.36. The van der Waals surface area contributed by atoms with Crippen molar-refractivity contribution in [3.63, 3.8) is 0 Å². The topological polar surface area (TPSA) is 107 Å². The van der Waals surface area contributed by atoms with Gasteiger partial charge in [0.25, 0.3) is 0 Å². The average molecular weight is 357 g/mol. The summed E-state index contributed by atoms with van der Waals surface area (Å²) in [6.45, 7) is 1.64. The van der Waals surface area contributed by atoms with Gasteiger partial charge in [-0.2, -0.15) is 5.10 Å². The van der Waals surface area contributed by atoms with E-state index in [1.807, 2.05) is 19.1 Å². The Morgan fingerprint density at radius 1 is 1.40 bits per heavy atom. The van der Waals surface area contributed by atoms with Gasteiger partial charge in [0.15, 0.2) is 11.6 Å². The summed E-state index contributed by atoms with van der Waals surface area (Å²) in [6.07, 6.45) is 3.34. The summed E-state index contributed by atoms with van der Waals surface area (Å²) in [6, 6.07) is 5.67. The normalized spacial score (nSPS) is 15.3. The lowest BCUT2D eigenvalue weighted by Crippen LogP contribution is -2.00. The summed E-state index contributed by atoms with van der Waals surface area (Å²) in [7, 11) is 0. The highest BCUT2D eigenvalue weighted by Gasteiger charge is 2.25. The molecule has 25 heavy (non-hydrogen) atoms. The lowest BCUT2D eigenvalue weighted by molar-refractivity contribution is 0.0984. The van der Waals surface area contributed by atoms with E-state index in [9.17, 15) is 5.11 Å². The van der Waals surface area contributed by atoms with E-state index in [4.69, 9.17) is 5.11 Å². The number of aliphatic hydroxyl groups is 2. The molecule has 0 amide bonds. The molecule has 8 heteroatoms. The molecule has 4 N–H and O–H groups in total. The minimum atomic E-state index is -0.869. The fourth-order valence-corrected chi connectivity index (χ4v) is 3.48. The van der Waals surface area contributed by atoms with Crippen molar-refractivity contribution in [2.24, 2.45) is 0 Å². The fourth-order valence-electron chi connectivity index (χ4n) is 2.55. The summed E-state index contributed by atoms with van der Waals surface area (Å²) >= 11 is 1.37. The van der Waals surface area contributed by atoms with Gasteiger partial charge in [0, 0.05) is 34.3 Å². The Labute approximate surface area is 148 Å². The molecule has 0 aliphatic heterocycles. The predicted octanol–water partition coefficient (Wildman–Crippen LogP) is 2.88. The van der Waals surface area contributed by atoms with Gasteiger partial charge in [-0.3, -0.25) is 5.10 Å². The lowest BCUT2D eigenvalue weighted by Gasteiger charge is -2.07. The fraction of sp³-hybridized carbons (Fsp3) is 0.353. The third kappa shape index (κ3) is 3.41. The summed E-state index contributed by atoms with van der Waals surface area (Å²) in [5.74, 6) is 2.65. The van der Waals surface area contributed by atoms with Crippen LogP contribution in [0.2, 0.25) is 0 Å². The summed E-state index contributed by atoms with van der Waals surface area (Å²) < 4.78 is 0. The number of nitrogens with one attached hydrogen (secondary N) is 2. The number of aromatic nitrogens is 4. The Bertz CT molecular complexity index is 887. The molecule has 1 aliphatic rings. The number of aryl methyl sites for hydroxylation is 1. The Balaban J connectivity index is 1.58. The number of aliphatic hydroxyl groups excluding tert-OH is 2. The van der Waals surface area contributed by atoms with E-state index in [-0.39, 0.29) is 6.61 Å². The molecule has 0 saturated heterocycles. The van der Waals surface area contributed by atoms with Crippen molar-refractivity contribution in [2.45, 2.75) is 31.8 Å². The lowest BCUT2D eigenvalue weighted by atomic mass is 10.3. The smallest absolute Gasteiger partial charge is 0.171 e. The number of hydrogen-bond donors (Lipinski definition) is 4. The molecule has 0 aromatic carbocycles. The predicted molar refractivity (Wildman–Crippen MR) is 96.0 cm³/mol. The molecule has 1 atom stereocenters. The van der Waals surface area contributed by atoms with Gasteiger partial charge in [-0.05, 0) is 31.9 Å². The van der Waals surface area contributed by atoms with E-state index < -0.39 is 6.10 Å². The molecule has 3 heterocycles. The molecular formula is C17H19N5O2S. The standard InChI is InChI=1S/C17H19N5O2S/c1-9-7-18-17(14-5-4-13(25-14)12(24)8-23)20-16(9)19-15-6-11(21-22-15)10-2-3-10/h4-7,10,12,23-24H,2-3,8H2,1H3,(H2,18,19,20,21,22). The molecule has 0 bridgehead atoms. The quantitative estimate of drug-likeness (QED) is 0.540. The van der Waals surface area contributed by atoms with Crippen LogP contribution >= 0.6 is 11.3 Å². The van der Waals surface area contributed by atoms with E-state index in [1.165, 1.54) is 24.2 Å². The van der Waals surface area contributed by atoms with Gasteiger partial charge in [0.05, 0.1) is 11.5 Å². The van der Waals surface area contributed by atoms with Crippen LogP contribution < -0.4 is 5.32 Å². The molecule has 0 radical (unpaired) electrons. The van der Waals surface area contributed by atoms with Crippen molar-refractivity contribution >= 4 is 23.0 Å². The monoisotopic (exact) mass is 357 g/mol. The van der Waals surface area contributed by atoms with Gasteiger partial charge in [0.1, 0.15) is 11.9 Å². The van der Waals surface area contributed by atoms with Crippen molar-refractivity contribution in [3.8, 4) is 10.7 Å². The maximum Gasteiger partial charge on any atom is 0.171 e. The van der Waals surface area contributed by atoms with Crippen molar-refractivity contribution < 1.29 is 10.2 Å². The Morgan fingerprint density at radius 3 is 3.00 bits per heavy atom. The summed E-state index contributed by atoms with van der Waals surface area (Å²) in [4.78, 5) is 10.5. The number of H-pyrrole nitrogens is 1. The first-order valence-electron chi connectivity index (χ1n) is 8.19. The highest BCUT2D eigenvalue weighted by Crippen LogP contribution is 2.39. The van der Waals surface area contributed by atoms with Crippen LogP contribution in [0.1, 0.15) is 41.0 Å². The molecule has 1 fully saturated rings. The van der Waals surface area contributed by atoms with Gasteiger partial charge in [0.2, 0.25) is 0 Å². The van der Waals surface area contributed by atoms with Gasteiger partial charge in [-0.1, -0.05) is 0 Å². The van der Waals surface area contributed by atoms with Crippen LogP contribution in [-0.4, -0.2) is 37.0 Å². The number of nitrogens with zero attached hydrogens (tertiary/aromatic N) is 3. The molecule has 3 aromatic heterocycles. The molecule has 4 rings (SSSR count). The number of rotatable bonds is 6. The summed E-state index contributed by atoms with van der Waals surface area (Å²) in [5, 5.41) is 29.4. The second kappa shape index (κ2) is 6.55.